The van der Waals surface area contributed by atoms with Crippen molar-refractivity contribution < 1.29 is 14.3 Å². The maximum absolute atomic E-state index is 12.9. The Labute approximate surface area is 206 Å². The second-order valence-corrected chi connectivity index (χ2v) is 8.48. The number of ether oxygens (including phenoxy) is 2. The molecule has 2 aromatic heterocycles. The lowest BCUT2D eigenvalue weighted by atomic mass is 10.1. The first-order chi connectivity index (χ1) is 16.3. The summed E-state index contributed by atoms with van der Waals surface area (Å²) in [6, 6.07) is 12.5. The molecule has 8 nitrogen and oxygen atoms in total. The number of hydrogen-bond acceptors (Lipinski definition) is 5. The lowest BCUT2D eigenvalue weighted by Crippen LogP contribution is -2.14. The highest BCUT2D eigenvalue weighted by atomic mass is 35.5. The molecule has 0 aliphatic rings. The molecule has 0 unspecified atom stereocenters. The number of anilines is 1. The van der Waals surface area contributed by atoms with E-state index in [-0.39, 0.29) is 5.91 Å². The molecule has 176 valence electrons. The van der Waals surface area contributed by atoms with E-state index >= 15 is 0 Å². The fourth-order valence-corrected chi connectivity index (χ4v) is 4.14. The van der Waals surface area contributed by atoms with Crippen molar-refractivity contribution in [2.45, 2.75) is 20.4 Å². The monoisotopic (exact) mass is 499 g/mol. The summed E-state index contributed by atoms with van der Waals surface area (Å²) in [7, 11) is 3.19. The molecule has 4 aromatic rings. The van der Waals surface area contributed by atoms with Crippen molar-refractivity contribution in [3.05, 3.63) is 75.2 Å². The Morgan fingerprint density at radius 2 is 1.82 bits per heavy atom. The van der Waals surface area contributed by atoms with Gasteiger partial charge in [0, 0.05) is 10.6 Å². The van der Waals surface area contributed by atoms with E-state index in [4.69, 9.17) is 32.7 Å². The normalized spacial score (nSPS) is 10.9. The number of hydrogen-bond donors (Lipinski definition) is 2. The van der Waals surface area contributed by atoms with E-state index in [2.05, 4.69) is 20.6 Å². The van der Waals surface area contributed by atoms with Crippen molar-refractivity contribution in [2.24, 2.45) is 0 Å². The number of benzene rings is 2. The summed E-state index contributed by atoms with van der Waals surface area (Å²) in [6.07, 6.45) is 0. The lowest BCUT2D eigenvalue weighted by molar-refractivity contribution is 0.102. The number of halogens is 2. The van der Waals surface area contributed by atoms with Gasteiger partial charge in [-0.25, -0.2) is 0 Å². The largest absolute Gasteiger partial charge is 0.493 e. The van der Waals surface area contributed by atoms with Gasteiger partial charge in [0.05, 0.1) is 48.6 Å². The molecule has 10 heteroatoms. The second kappa shape index (κ2) is 9.79. The number of carbonyl (C=O) groups is 1. The van der Waals surface area contributed by atoms with Crippen LogP contribution in [0, 0.1) is 13.8 Å². The molecular formula is C24H23Cl2N5O3. The Morgan fingerprint density at radius 1 is 1.06 bits per heavy atom. The van der Waals surface area contributed by atoms with Gasteiger partial charge in [-0.3, -0.25) is 14.6 Å². The van der Waals surface area contributed by atoms with E-state index in [0.29, 0.717) is 56.4 Å². The number of H-pyrrole nitrogens is 1. The number of rotatable bonds is 7. The first kappa shape index (κ1) is 23.7. The third-order valence-electron chi connectivity index (χ3n) is 5.43. The van der Waals surface area contributed by atoms with Crippen molar-refractivity contribution in [3.63, 3.8) is 0 Å². The Kier molecular flexibility index (Phi) is 6.81. The fourth-order valence-electron chi connectivity index (χ4n) is 3.64. The van der Waals surface area contributed by atoms with Crippen LogP contribution in [0.1, 0.15) is 27.4 Å². The van der Waals surface area contributed by atoms with Crippen molar-refractivity contribution >= 4 is 34.8 Å². The molecule has 0 radical (unpaired) electrons. The zero-order chi connectivity index (χ0) is 24.4. The third-order valence-corrected chi connectivity index (χ3v) is 5.98. The van der Waals surface area contributed by atoms with Crippen LogP contribution >= 0.6 is 23.2 Å². The first-order valence-corrected chi connectivity index (χ1v) is 11.1. The Bertz CT molecular complexity index is 1360. The van der Waals surface area contributed by atoms with E-state index in [9.17, 15) is 4.79 Å². The molecule has 2 heterocycles. The number of carbonyl (C=O) groups excluding carboxylic acids is 1. The topological polar surface area (TPSA) is 94.1 Å². The zero-order valence-corrected chi connectivity index (χ0v) is 20.6. The summed E-state index contributed by atoms with van der Waals surface area (Å²) in [5.41, 5.74) is 4.67. The van der Waals surface area contributed by atoms with Crippen molar-refractivity contribution in [3.8, 4) is 22.8 Å². The third kappa shape index (κ3) is 4.73. The Hall–Kier alpha value is -3.49. The van der Waals surface area contributed by atoms with Gasteiger partial charge in [0.1, 0.15) is 5.69 Å². The maximum atomic E-state index is 12.9. The molecule has 0 bridgehead atoms. The van der Waals surface area contributed by atoms with Gasteiger partial charge in [-0.15, -0.1) is 0 Å². The zero-order valence-electron chi connectivity index (χ0n) is 19.1. The molecule has 34 heavy (non-hydrogen) atoms. The number of aromatic amines is 1. The highest BCUT2D eigenvalue weighted by Gasteiger charge is 2.18. The van der Waals surface area contributed by atoms with Crippen LogP contribution in [0.25, 0.3) is 11.3 Å². The molecular weight excluding hydrogens is 477 g/mol. The molecule has 4 rings (SSSR count). The Balaban J connectivity index is 1.53. The second-order valence-electron chi connectivity index (χ2n) is 7.64. The Morgan fingerprint density at radius 3 is 2.53 bits per heavy atom. The quantitative estimate of drug-likeness (QED) is 0.349. The van der Waals surface area contributed by atoms with E-state index in [1.165, 1.54) is 0 Å². The van der Waals surface area contributed by atoms with Gasteiger partial charge in [0.2, 0.25) is 0 Å². The van der Waals surface area contributed by atoms with Crippen LogP contribution in [-0.2, 0) is 6.54 Å². The van der Waals surface area contributed by atoms with Gasteiger partial charge in [-0.05, 0) is 55.8 Å². The summed E-state index contributed by atoms with van der Waals surface area (Å²) < 4.78 is 12.5. The predicted octanol–water partition coefficient (Wildman–Crippen LogP) is 5.51. The molecule has 1 amide bonds. The summed E-state index contributed by atoms with van der Waals surface area (Å²) in [6.45, 7) is 4.26. The van der Waals surface area contributed by atoms with Gasteiger partial charge in [-0.1, -0.05) is 29.3 Å². The van der Waals surface area contributed by atoms with Crippen molar-refractivity contribution in [1.29, 1.82) is 0 Å². The van der Waals surface area contributed by atoms with E-state index in [0.717, 1.165) is 11.3 Å². The van der Waals surface area contributed by atoms with Gasteiger partial charge in [-0.2, -0.15) is 10.2 Å². The number of aromatic nitrogens is 4. The van der Waals surface area contributed by atoms with Crippen LogP contribution in [0.5, 0.6) is 11.5 Å². The summed E-state index contributed by atoms with van der Waals surface area (Å²) >= 11 is 12.2. The minimum atomic E-state index is -0.333. The van der Waals surface area contributed by atoms with Crippen LogP contribution < -0.4 is 14.8 Å². The number of nitrogens with one attached hydrogen (secondary N) is 2. The molecule has 0 saturated heterocycles. The number of amides is 1. The smallest absolute Gasteiger partial charge is 0.273 e. The number of methoxy groups -OCH3 is 2. The van der Waals surface area contributed by atoms with E-state index in [1.54, 1.807) is 38.5 Å². The average molecular weight is 500 g/mol. The molecule has 2 aromatic carbocycles. The van der Waals surface area contributed by atoms with Crippen LogP contribution in [0.3, 0.4) is 0 Å². The van der Waals surface area contributed by atoms with Crippen LogP contribution in [0.2, 0.25) is 10.0 Å². The summed E-state index contributed by atoms with van der Waals surface area (Å²) in [4.78, 5) is 12.9. The average Bonchev–Trinajstić information content (AvgIpc) is 3.40. The fraction of sp³-hybridized carbons (Fsp3) is 0.208. The molecule has 0 aliphatic heterocycles. The SMILES string of the molecule is COc1ccc(Cn2nc(C)c(NC(=O)c3cc(-c4ccc(Cl)cc4Cl)n[nH]3)c2C)cc1OC. The van der Waals surface area contributed by atoms with Crippen molar-refractivity contribution in [2.75, 3.05) is 19.5 Å². The van der Waals surface area contributed by atoms with Crippen LogP contribution in [0.4, 0.5) is 5.69 Å². The molecule has 0 saturated carbocycles. The highest BCUT2D eigenvalue weighted by molar-refractivity contribution is 6.36. The molecule has 0 atom stereocenters. The molecule has 0 fully saturated rings. The maximum Gasteiger partial charge on any atom is 0.273 e. The van der Waals surface area contributed by atoms with Crippen molar-refractivity contribution in [1.82, 2.24) is 20.0 Å². The molecule has 0 spiro atoms. The summed E-state index contributed by atoms with van der Waals surface area (Å²) in [5.74, 6) is 0.970. The van der Waals surface area contributed by atoms with Gasteiger partial charge in [0.25, 0.3) is 5.91 Å². The summed E-state index contributed by atoms with van der Waals surface area (Å²) in [5, 5.41) is 15.5. The van der Waals surface area contributed by atoms with Gasteiger partial charge in [0.15, 0.2) is 11.5 Å². The minimum Gasteiger partial charge on any atom is -0.493 e. The molecule has 2 N–H and O–H groups in total. The highest BCUT2D eigenvalue weighted by Crippen LogP contribution is 2.30. The van der Waals surface area contributed by atoms with E-state index in [1.807, 2.05) is 36.7 Å². The number of nitrogens with zero attached hydrogens (tertiary/aromatic N) is 3. The number of aryl methyl sites for hydroxylation is 1. The van der Waals surface area contributed by atoms with Crippen LogP contribution in [-0.4, -0.2) is 40.1 Å². The minimum absolute atomic E-state index is 0.299. The van der Waals surface area contributed by atoms with Gasteiger partial charge >= 0.3 is 0 Å². The van der Waals surface area contributed by atoms with Gasteiger partial charge < -0.3 is 14.8 Å². The first-order valence-electron chi connectivity index (χ1n) is 10.4. The predicted molar refractivity (Wildman–Crippen MR) is 132 cm³/mol. The lowest BCUT2D eigenvalue weighted by Gasteiger charge is -2.11. The standard InChI is InChI=1S/C24H23Cl2N5O3/c1-13-23(14(2)31(30-13)12-15-5-8-21(33-3)22(9-15)34-4)27-24(32)20-11-19(28-29-20)17-7-6-16(25)10-18(17)26/h5-11H,12H2,1-4H3,(H,27,32)(H,28,29). The van der Waals surface area contributed by atoms with E-state index < -0.39 is 0 Å². The molecule has 0 aliphatic carbocycles. The van der Waals surface area contributed by atoms with Crippen LogP contribution in [0.15, 0.2) is 42.5 Å².